The molecule has 15 heavy (non-hydrogen) atoms. The first-order valence-electron chi connectivity index (χ1n) is 4.71. The van der Waals surface area contributed by atoms with Gasteiger partial charge in [-0.1, -0.05) is 30.3 Å². The van der Waals surface area contributed by atoms with Crippen LogP contribution in [0.4, 0.5) is 0 Å². The van der Waals surface area contributed by atoms with E-state index in [1.807, 2.05) is 28.9 Å². The second kappa shape index (κ2) is 3.17. The number of hydrogen-bond donors (Lipinski definition) is 0. The lowest BCUT2D eigenvalue weighted by Gasteiger charge is -1.97. The summed E-state index contributed by atoms with van der Waals surface area (Å²) in [4.78, 5) is 5.51. The van der Waals surface area contributed by atoms with Crippen molar-refractivity contribution < 1.29 is 0 Å². The van der Waals surface area contributed by atoms with Crippen molar-refractivity contribution in [2.24, 2.45) is 0 Å². The minimum Gasteiger partial charge on any atom is -0.276 e. The van der Waals surface area contributed by atoms with Gasteiger partial charge in [0, 0.05) is 22.8 Å². The number of rotatable bonds is 1. The lowest BCUT2D eigenvalue weighted by Crippen LogP contribution is -1.83. The Morgan fingerprint density at radius 3 is 2.73 bits per heavy atom. The van der Waals surface area contributed by atoms with Crippen LogP contribution in [-0.4, -0.2) is 13.8 Å². The summed E-state index contributed by atoms with van der Waals surface area (Å²) in [7, 11) is 0. The van der Waals surface area contributed by atoms with Crippen LogP contribution in [0, 0.1) is 6.92 Å². The summed E-state index contributed by atoms with van der Waals surface area (Å²) < 4.78 is 6.12. The van der Waals surface area contributed by atoms with Crippen LogP contribution in [0.2, 0.25) is 0 Å². The van der Waals surface area contributed by atoms with E-state index in [2.05, 4.69) is 28.4 Å². The summed E-state index contributed by atoms with van der Waals surface area (Å²) in [5.41, 5.74) is 3.35. The number of aryl methyl sites for hydroxylation is 1. The van der Waals surface area contributed by atoms with Gasteiger partial charge < -0.3 is 0 Å². The predicted molar refractivity (Wildman–Crippen MR) is 61.0 cm³/mol. The molecule has 0 atom stereocenters. The first kappa shape index (κ1) is 8.61. The van der Waals surface area contributed by atoms with E-state index < -0.39 is 0 Å². The zero-order chi connectivity index (χ0) is 10.3. The van der Waals surface area contributed by atoms with Crippen molar-refractivity contribution in [2.45, 2.75) is 6.92 Å². The molecule has 1 aromatic carbocycles. The molecule has 3 rings (SSSR count). The lowest BCUT2D eigenvalue weighted by molar-refractivity contribution is 1.10. The zero-order valence-electron chi connectivity index (χ0n) is 8.21. The Kier molecular flexibility index (Phi) is 1.82. The van der Waals surface area contributed by atoms with Gasteiger partial charge in [0.25, 0.3) is 0 Å². The Balaban J connectivity index is 2.27. The monoisotopic (exact) mass is 215 g/mol. The van der Waals surface area contributed by atoms with Gasteiger partial charge in [-0.15, -0.1) is 0 Å². The van der Waals surface area contributed by atoms with Gasteiger partial charge in [0.1, 0.15) is 6.33 Å². The third kappa shape index (κ3) is 1.26. The molecule has 0 fully saturated rings. The van der Waals surface area contributed by atoms with Gasteiger partial charge in [0.15, 0.2) is 0 Å². The molecule has 2 heterocycles. The maximum Gasteiger partial charge on any atom is 0.213 e. The maximum absolute atomic E-state index is 4.56. The van der Waals surface area contributed by atoms with Gasteiger partial charge in [-0.05, 0) is 6.92 Å². The normalized spacial score (nSPS) is 11.0. The topological polar surface area (TPSA) is 30.2 Å². The minimum atomic E-state index is 0.950. The first-order valence-corrected chi connectivity index (χ1v) is 5.48. The molecule has 0 spiro atoms. The smallest absolute Gasteiger partial charge is 0.213 e. The van der Waals surface area contributed by atoms with Crippen molar-refractivity contribution in [1.29, 1.82) is 0 Å². The summed E-state index contributed by atoms with van der Waals surface area (Å²) in [6.07, 6.45) is 1.81. The molecular formula is C11H9N3S. The Morgan fingerprint density at radius 1 is 1.20 bits per heavy atom. The van der Waals surface area contributed by atoms with E-state index >= 15 is 0 Å². The third-order valence-electron chi connectivity index (χ3n) is 2.46. The van der Waals surface area contributed by atoms with Gasteiger partial charge in [-0.3, -0.25) is 4.40 Å². The van der Waals surface area contributed by atoms with Crippen molar-refractivity contribution in [2.75, 3.05) is 0 Å². The standard InChI is InChI=1S/C11H9N3S/c1-8-10(9-5-3-2-4-6-9)13-11-14(8)7-12-15-11/h2-7H,1H3. The molecule has 0 unspecified atom stereocenters. The fraction of sp³-hybridized carbons (Fsp3) is 0.0909. The van der Waals surface area contributed by atoms with Gasteiger partial charge in [-0.2, -0.15) is 4.37 Å². The van der Waals surface area contributed by atoms with Crippen molar-refractivity contribution in [3.63, 3.8) is 0 Å². The molecule has 0 saturated heterocycles. The molecule has 0 aliphatic rings. The van der Waals surface area contributed by atoms with Crippen molar-refractivity contribution >= 4 is 16.5 Å². The van der Waals surface area contributed by atoms with Crippen molar-refractivity contribution in [1.82, 2.24) is 13.8 Å². The van der Waals surface area contributed by atoms with Crippen LogP contribution < -0.4 is 0 Å². The Morgan fingerprint density at radius 2 is 2.00 bits per heavy atom. The Hall–Kier alpha value is -1.68. The number of hydrogen-bond acceptors (Lipinski definition) is 3. The van der Waals surface area contributed by atoms with Crippen LogP contribution in [0.1, 0.15) is 5.69 Å². The molecule has 4 heteroatoms. The molecule has 0 aliphatic carbocycles. The summed E-state index contributed by atoms with van der Waals surface area (Å²) in [5, 5.41) is 0. The van der Waals surface area contributed by atoms with E-state index in [0.29, 0.717) is 0 Å². The summed E-state index contributed by atoms with van der Waals surface area (Å²) >= 11 is 1.42. The molecule has 0 N–H and O–H groups in total. The molecule has 0 bridgehead atoms. The molecule has 0 saturated carbocycles. The van der Waals surface area contributed by atoms with Gasteiger partial charge >= 0.3 is 0 Å². The fourth-order valence-corrected chi connectivity index (χ4v) is 2.32. The highest BCUT2D eigenvalue weighted by atomic mass is 32.1. The average Bonchev–Trinajstić information content (AvgIpc) is 2.83. The third-order valence-corrected chi connectivity index (χ3v) is 3.11. The van der Waals surface area contributed by atoms with Crippen LogP contribution >= 0.6 is 11.5 Å². The Labute approximate surface area is 91.2 Å². The van der Waals surface area contributed by atoms with E-state index in [-0.39, 0.29) is 0 Å². The number of nitrogens with zero attached hydrogens (tertiary/aromatic N) is 3. The maximum atomic E-state index is 4.56. The number of aromatic nitrogens is 3. The predicted octanol–water partition coefficient (Wildman–Crippen LogP) is 2.77. The zero-order valence-corrected chi connectivity index (χ0v) is 9.03. The fourth-order valence-electron chi connectivity index (χ4n) is 1.68. The van der Waals surface area contributed by atoms with E-state index in [0.717, 1.165) is 21.9 Å². The molecule has 74 valence electrons. The van der Waals surface area contributed by atoms with Crippen LogP contribution in [0.3, 0.4) is 0 Å². The summed E-state index contributed by atoms with van der Waals surface area (Å²) in [6, 6.07) is 10.2. The molecular weight excluding hydrogens is 206 g/mol. The van der Waals surface area contributed by atoms with Gasteiger partial charge in [0.05, 0.1) is 5.69 Å². The highest BCUT2D eigenvalue weighted by molar-refractivity contribution is 7.11. The summed E-state index contributed by atoms with van der Waals surface area (Å²) in [6.45, 7) is 2.07. The van der Waals surface area contributed by atoms with Crippen LogP contribution in [-0.2, 0) is 0 Å². The molecule has 0 amide bonds. The van der Waals surface area contributed by atoms with Gasteiger partial charge in [-0.25, -0.2) is 4.98 Å². The molecule has 0 aliphatic heterocycles. The van der Waals surface area contributed by atoms with E-state index in [1.54, 1.807) is 0 Å². The lowest BCUT2D eigenvalue weighted by atomic mass is 10.1. The second-order valence-electron chi connectivity index (χ2n) is 3.38. The van der Waals surface area contributed by atoms with E-state index in [9.17, 15) is 0 Å². The second-order valence-corrected chi connectivity index (χ2v) is 4.14. The van der Waals surface area contributed by atoms with E-state index in [4.69, 9.17) is 0 Å². The average molecular weight is 215 g/mol. The van der Waals surface area contributed by atoms with Crippen molar-refractivity contribution in [3.8, 4) is 11.3 Å². The molecule has 2 aromatic heterocycles. The van der Waals surface area contributed by atoms with E-state index in [1.165, 1.54) is 11.5 Å². The SMILES string of the molecule is Cc1c(-c2ccccc2)nc2sncn12. The largest absolute Gasteiger partial charge is 0.276 e. The highest BCUT2D eigenvalue weighted by Gasteiger charge is 2.10. The van der Waals surface area contributed by atoms with Gasteiger partial charge in [0.2, 0.25) is 4.96 Å². The highest BCUT2D eigenvalue weighted by Crippen LogP contribution is 2.24. The van der Waals surface area contributed by atoms with Crippen LogP contribution in [0.5, 0.6) is 0 Å². The number of benzene rings is 1. The summed E-state index contributed by atoms with van der Waals surface area (Å²) in [5.74, 6) is 0. The van der Waals surface area contributed by atoms with Crippen LogP contribution in [0.25, 0.3) is 16.2 Å². The van der Waals surface area contributed by atoms with Crippen molar-refractivity contribution in [3.05, 3.63) is 42.4 Å². The quantitative estimate of drug-likeness (QED) is 0.624. The Bertz CT molecular complexity index is 595. The molecule has 0 radical (unpaired) electrons. The number of imidazole rings is 1. The minimum absolute atomic E-state index is 0.950. The first-order chi connectivity index (χ1) is 7.36. The molecule has 3 aromatic rings. The van der Waals surface area contributed by atoms with Crippen LogP contribution in [0.15, 0.2) is 36.7 Å². The number of fused-ring (bicyclic) bond motifs is 1. The molecule has 3 nitrogen and oxygen atoms in total.